The Bertz CT molecular complexity index is 941. The van der Waals surface area contributed by atoms with E-state index in [1.54, 1.807) is 30.7 Å². The molecule has 2 saturated carbocycles. The fourth-order valence-electron chi connectivity index (χ4n) is 4.77. The largest absolute Gasteiger partial charge is 0.472 e. The molecule has 1 aromatic heterocycles. The Hall–Kier alpha value is -2.32. The van der Waals surface area contributed by atoms with Crippen molar-refractivity contribution in [3.05, 3.63) is 48.4 Å². The highest BCUT2D eigenvalue weighted by Gasteiger charge is 2.42. The van der Waals surface area contributed by atoms with Gasteiger partial charge in [-0.3, -0.25) is 0 Å². The van der Waals surface area contributed by atoms with Crippen molar-refractivity contribution in [2.45, 2.75) is 50.1 Å². The maximum Gasteiger partial charge on any atom is 0.319 e. The van der Waals surface area contributed by atoms with Crippen molar-refractivity contribution < 1.29 is 17.6 Å². The van der Waals surface area contributed by atoms with Crippen LogP contribution in [0.4, 0.5) is 10.5 Å². The van der Waals surface area contributed by atoms with Gasteiger partial charge >= 0.3 is 6.03 Å². The summed E-state index contributed by atoms with van der Waals surface area (Å²) >= 11 is 0. The van der Waals surface area contributed by atoms with Gasteiger partial charge in [-0.1, -0.05) is 6.42 Å². The fourth-order valence-corrected chi connectivity index (χ4v) is 6.07. The lowest BCUT2D eigenvalue weighted by atomic mass is 9.84. The van der Waals surface area contributed by atoms with Crippen molar-refractivity contribution in [2.75, 3.05) is 5.32 Å². The SMILES string of the molecule is C[C@H](NS(=O)(=O)c1ccc(NC(=O)NCc2ccoc2)cc1)[C@@H]1C[C@@H]2CC[C@@H]1C2. The van der Waals surface area contributed by atoms with Crippen LogP contribution in [0.3, 0.4) is 0 Å². The molecular formula is C21H27N3O4S. The van der Waals surface area contributed by atoms with Crippen molar-refractivity contribution in [1.82, 2.24) is 10.0 Å². The number of hydrogen-bond donors (Lipinski definition) is 3. The van der Waals surface area contributed by atoms with Gasteiger partial charge in [0.05, 0.1) is 17.4 Å². The minimum absolute atomic E-state index is 0.0678. The van der Waals surface area contributed by atoms with Crippen LogP contribution in [0, 0.1) is 17.8 Å². The Labute approximate surface area is 171 Å². The van der Waals surface area contributed by atoms with E-state index < -0.39 is 10.0 Å². The number of urea groups is 1. The first-order chi connectivity index (χ1) is 13.9. The van der Waals surface area contributed by atoms with E-state index in [9.17, 15) is 13.2 Å². The molecule has 2 fully saturated rings. The van der Waals surface area contributed by atoms with Crippen LogP contribution in [0.25, 0.3) is 0 Å². The number of amides is 2. The lowest BCUT2D eigenvalue weighted by Gasteiger charge is -2.28. The summed E-state index contributed by atoms with van der Waals surface area (Å²) in [5, 5.41) is 5.40. The lowest BCUT2D eigenvalue weighted by Crippen LogP contribution is -2.40. The van der Waals surface area contributed by atoms with Crippen LogP contribution in [0.1, 0.15) is 38.2 Å². The van der Waals surface area contributed by atoms with Crippen molar-refractivity contribution in [2.24, 2.45) is 17.8 Å². The second-order valence-corrected chi connectivity index (χ2v) is 9.93. The van der Waals surface area contributed by atoms with Gasteiger partial charge in [0, 0.05) is 23.8 Å². The average Bonchev–Trinajstić information content (AvgIpc) is 3.44. The second-order valence-electron chi connectivity index (χ2n) is 8.21. The summed E-state index contributed by atoms with van der Waals surface area (Å²) in [6.45, 7) is 2.32. The molecule has 0 aliphatic heterocycles. The molecule has 7 nitrogen and oxygen atoms in total. The number of hydrogen-bond acceptors (Lipinski definition) is 4. The molecule has 0 saturated heterocycles. The van der Waals surface area contributed by atoms with Crippen molar-refractivity contribution in [3.63, 3.8) is 0 Å². The highest BCUT2D eigenvalue weighted by molar-refractivity contribution is 7.89. The van der Waals surface area contributed by atoms with E-state index in [0.717, 1.165) is 17.9 Å². The number of carbonyl (C=O) groups is 1. The molecule has 1 aromatic carbocycles. The third-order valence-electron chi connectivity index (χ3n) is 6.23. The first kappa shape index (κ1) is 20.0. The predicted molar refractivity (Wildman–Crippen MR) is 110 cm³/mol. The molecule has 0 radical (unpaired) electrons. The van der Waals surface area contributed by atoms with Crippen molar-refractivity contribution in [1.29, 1.82) is 0 Å². The second kappa shape index (κ2) is 8.20. The number of sulfonamides is 1. The summed E-state index contributed by atoms with van der Waals surface area (Å²) in [5.74, 6) is 1.87. The van der Waals surface area contributed by atoms with Gasteiger partial charge in [0.2, 0.25) is 10.0 Å². The quantitative estimate of drug-likeness (QED) is 0.639. The zero-order valence-corrected chi connectivity index (χ0v) is 17.2. The lowest BCUT2D eigenvalue weighted by molar-refractivity contribution is 0.251. The molecule has 8 heteroatoms. The summed E-state index contributed by atoms with van der Waals surface area (Å²) < 4.78 is 33.3. The monoisotopic (exact) mass is 417 g/mol. The topological polar surface area (TPSA) is 100 Å². The summed E-state index contributed by atoms with van der Waals surface area (Å²) in [4.78, 5) is 12.2. The summed E-state index contributed by atoms with van der Waals surface area (Å²) in [6, 6.07) is 7.54. The zero-order valence-electron chi connectivity index (χ0n) is 16.4. The third kappa shape index (κ3) is 4.64. The highest BCUT2D eigenvalue weighted by Crippen LogP contribution is 2.49. The number of nitrogens with one attached hydrogen (secondary N) is 3. The van der Waals surface area contributed by atoms with Gasteiger partial charge < -0.3 is 15.1 Å². The van der Waals surface area contributed by atoms with Gasteiger partial charge in [-0.05, 0) is 74.3 Å². The van der Waals surface area contributed by atoms with E-state index in [1.807, 2.05) is 6.92 Å². The molecule has 2 amide bonds. The summed E-state index contributed by atoms with van der Waals surface area (Å²) in [6.07, 6.45) is 8.00. The molecule has 0 spiro atoms. The van der Waals surface area contributed by atoms with Crippen LogP contribution in [0.5, 0.6) is 0 Å². The fraction of sp³-hybridized carbons (Fsp3) is 0.476. The number of carbonyl (C=O) groups excluding carboxylic acids is 1. The van der Waals surface area contributed by atoms with E-state index in [0.29, 0.717) is 24.1 Å². The van der Waals surface area contributed by atoms with Gasteiger partial charge in [-0.25, -0.2) is 17.9 Å². The molecule has 2 aliphatic carbocycles. The van der Waals surface area contributed by atoms with E-state index in [4.69, 9.17) is 4.42 Å². The normalized spacial score (nSPS) is 24.4. The molecule has 156 valence electrons. The van der Waals surface area contributed by atoms with Crippen LogP contribution in [0.2, 0.25) is 0 Å². The predicted octanol–water partition coefficient (Wildman–Crippen LogP) is 3.70. The summed E-state index contributed by atoms with van der Waals surface area (Å²) in [5.41, 5.74) is 1.38. The van der Waals surface area contributed by atoms with Crippen LogP contribution in [0.15, 0.2) is 52.2 Å². The molecule has 2 aromatic rings. The number of anilines is 1. The van der Waals surface area contributed by atoms with Gasteiger partial charge in [-0.15, -0.1) is 0 Å². The molecule has 4 rings (SSSR count). The van der Waals surface area contributed by atoms with Crippen LogP contribution < -0.4 is 15.4 Å². The number of rotatable bonds is 7. The maximum atomic E-state index is 12.8. The molecule has 3 N–H and O–H groups in total. The van der Waals surface area contributed by atoms with Crippen LogP contribution in [-0.4, -0.2) is 20.5 Å². The standard InChI is InChI=1S/C21H27N3O4S/c1-14(20-11-15-2-3-17(20)10-15)24-29(26,27)19-6-4-18(5-7-19)23-21(25)22-12-16-8-9-28-13-16/h4-9,13-15,17,20,24H,2-3,10-12H2,1H3,(H2,22,23,25)/t14-,15+,17+,20-/m0/s1. The van der Waals surface area contributed by atoms with E-state index >= 15 is 0 Å². The zero-order chi connectivity index (χ0) is 20.4. The minimum atomic E-state index is -3.59. The van der Waals surface area contributed by atoms with E-state index in [1.165, 1.54) is 31.4 Å². The number of fused-ring (bicyclic) bond motifs is 2. The Morgan fingerprint density at radius 2 is 1.97 bits per heavy atom. The molecule has 29 heavy (non-hydrogen) atoms. The molecule has 2 bridgehead atoms. The van der Waals surface area contributed by atoms with Crippen molar-refractivity contribution >= 4 is 21.7 Å². The van der Waals surface area contributed by atoms with Crippen LogP contribution >= 0.6 is 0 Å². The van der Waals surface area contributed by atoms with Crippen LogP contribution in [-0.2, 0) is 16.6 Å². The molecule has 0 unspecified atom stereocenters. The van der Waals surface area contributed by atoms with Gasteiger partial charge in [0.1, 0.15) is 0 Å². The Kier molecular flexibility index (Phi) is 5.65. The first-order valence-electron chi connectivity index (χ1n) is 10.1. The molecule has 4 atom stereocenters. The van der Waals surface area contributed by atoms with Gasteiger partial charge in [-0.2, -0.15) is 0 Å². The van der Waals surface area contributed by atoms with Gasteiger partial charge in [0.25, 0.3) is 0 Å². The Morgan fingerprint density at radius 3 is 2.59 bits per heavy atom. The average molecular weight is 418 g/mol. The number of benzene rings is 1. The summed E-state index contributed by atoms with van der Waals surface area (Å²) in [7, 11) is -3.59. The smallest absolute Gasteiger partial charge is 0.319 e. The number of furan rings is 1. The van der Waals surface area contributed by atoms with Gasteiger partial charge in [0.15, 0.2) is 0 Å². The first-order valence-corrected chi connectivity index (χ1v) is 11.6. The maximum absolute atomic E-state index is 12.8. The van der Waals surface area contributed by atoms with Crippen molar-refractivity contribution in [3.8, 4) is 0 Å². The minimum Gasteiger partial charge on any atom is -0.472 e. The Morgan fingerprint density at radius 1 is 1.17 bits per heavy atom. The van der Waals surface area contributed by atoms with E-state index in [2.05, 4.69) is 15.4 Å². The highest BCUT2D eigenvalue weighted by atomic mass is 32.2. The Balaban J connectivity index is 1.32. The molecule has 2 aliphatic rings. The molecule has 1 heterocycles. The molecular weight excluding hydrogens is 390 g/mol. The van der Waals surface area contributed by atoms with E-state index in [-0.39, 0.29) is 17.0 Å². The third-order valence-corrected chi connectivity index (χ3v) is 7.81.